The number of nitrogens with two attached hydrogens (primary N) is 1. The average Bonchev–Trinajstić information content (AvgIpc) is 3.22. The van der Waals surface area contributed by atoms with Gasteiger partial charge in [-0.3, -0.25) is 4.79 Å². The molecular weight excluding hydrogens is 340 g/mol. The van der Waals surface area contributed by atoms with E-state index in [4.69, 9.17) is 5.73 Å². The molecule has 136 valence electrons. The van der Waals surface area contributed by atoms with Crippen molar-refractivity contribution < 1.29 is 4.79 Å². The highest BCUT2D eigenvalue weighted by atomic mass is 35.5. The monoisotopic (exact) mass is 364 g/mol. The zero-order valence-corrected chi connectivity index (χ0v) is 15.4. The summed E-state index contributed by atoms with van der Waals surface area (Å²) in [6.07, 6.45) is 6.28. The van der Waals surface area contributed by atoms with Gasteiger partial charge in [-0.15, -0.1) is 12.4 Å². The minimum atomic E-state index is -0.0301. The van der Waals surface area contributed by atoms with Gasteiger partial charge in [-0.25, -0.2) is 9.97 Å². The molecule has 2 atom stereocenters. The number of anilines is 1. The molecule has 0 unspecified atom stereocenters. The molecule has 2 aromatic rings. The molecule has 0 saturated heterocycles. The number of carbonyl (C=O) groups is 1. The molecular formula is C17H25ClN6O. The molecule has 0 radical (unpaired) electrons. The van der Waals surface area contributed by atoms with Gasteiger partial charge in [-0.05, 0) is 37.3 Å². The van der Waals surface area contributed by atoms with Crippen LogP contribution in [0.25, 0.3) is 5.95 Å². The second kappa shape index (κ2) is 8.40. The summed E-state index contributed by atoms with van der Waals surface area (Å²) in [5, 5.41) is 7.57. The maximum absolute atomic E-state index is 12.7. The van der Waals surface area contributed by atoms with E-state index >= 15 is 0 Å². The standard InChI is InChI=1S/C17H24N6O.ClH/c1-11(2)14-9-15(23(22-14)17-19-7-4-8-20-17)21-16(24)13-6-3-5-12(13)10-18;/h4,7-9,11-13H,3,5-6,10,18H2,1-2H3,(H,21,24);1H/t12-,13-;/m1./s1. The van der Waals surface area contributed by atoms with Crippen LogP contribution in [0.5, 0.6) is 0 Å². The Labute approximate surface area is 153 Å². The quantitative estimate of drug-likeness (QED) is 0.849. The lowest BCUT2D eigenvalue weighted by molar-refractivity contribution is -0.120. The van der Waals surface area contributed by atoms with Crippen molar-refractivity contribution in [3.8, 4) is 5.95 Å². The number of halogens is 1. The third kappa shape index (κ3) is 4.16. The second-order valence-corrected chi connectivity index (χ2v) is 6.59. The Balaban J connectivity index is 0.00000225. The summed E-state index contributed by atoms with van der Waals surface area (Å²) in [5.74, 6) is 1.54. The summed E-state index contributed by atoms with van der Waals surface area (Å²) in [6.45, 7) is 4.67. The van der Waals surface area contributed by atoms with Gasteiger partial charge in [0.1, 0.15) is 5.82 Å². The number of nitrogens with zero attached hydrogens (tertiary/aromatic N) is 4. The van der Waals surface area contributed by atoms with Crippen molar-refractivity contribution in [1.29, 1.82) is 0 Å². The number of rotatable bonds is 5. The van der Waals surface area contributed by atoms with Crippen LogP contribution in [0.3, 0.4) is 0 Å². The molecule has 2 aromatic heterocycles. The fourth-order valence-corrected chi connectivity index (χ4v) is 3.21. The van der Waals surface area contributed by atoms with E-state index in [1.54, 1.807) is 23.1 Å². The molecule has 1 fully saturated rings. The van der Waals surface area contributed by atoms with Gasteiger partial charge in [0.25, 0.3) is 5.95 Å². The SMILES string of the molecule is CC(C)c1cc(NC(=O)[C@@H]2CCC[C@@H]2CN)n(-c2ncccn2)n1.Cl. The molecule has 1 aliphatic rings. The summed E-state index contributed by atoms with van der Waals surface area (Å²) in [6, 6.07) is 3.64. The van der Waals surface area contributed by atoms with Crippen molar-refractivity contribution in [3.63, 3.8) is 0 Å². The predicted octanol–water partition coefficient (Wildman–Crippen LogP) is 2.52. The largest absolute Gasteiger partial charge is 0.330 e. The van der Waals surface area contributed by atoms with E-state index in [0.29, 0.717) is 18.3 Å². The van der Waals surface area contributed by atoms with E-state index in [2.05, 4.69) is 34.2 Å². The summed E-state index contributed by atoms with van der Waals surface area (Å²) in [4.78, 5) is 21.2. The van der Waals surface area contributed by atoms with Gasteiger partial charge >= 0.3 is 0 Å². The highest BCUT2D eigenvalue weighted by Gasteiger charge is 2.32. The Morgan fingerprint density at radius 1 is 1.36 bits per heavy atom. The molecule has 7 nitrogen and oxygen atoms in total. The maximum Gasteiger partial charge on any atom is 0.252 e. The highest BCUT2D eigenvalue weighted by molar-refractivity contribution is 5.92. The maximum atomic E-state index is 12.7. The van der Waals surface area contributed by atoms with Crippen LogP contribution in [0.2, 0.25) is 0 Å². The van der Waals surface area contributed by atoms with E-state index in [-0.39, 0.29) is 36.1 Å². The van der Waals surface area contributed by atoms with E-state index in [0.717, 1.165) is 25.0 Å². The fraction of sp³-hybridized carbons (Fsp3) is 0.529. The smallest absolute Gasteiger partial charge is 0.252 e. The van der Waals surface area contributed by atoms with Crippen LogP contribution in [0.15, 0.2) is 24.5 Å². The number of hydrogen-bond acceptors (Lipinski definition) is 5. The number of amides is 1. The molecule has 0 aromatic carbocycles. The van der Waals surface area contributed by atoms with Crippen LogP contribution in [-0.2, 0) is 4.79 Å². The molecule has 1 amide bonds. The Bertz CT molecular complexity index is 702. The van der Waals surface area contributed by atoms with Crippen LogP contribution in [0.4, 0.5) is 5.82 Å². The van der Waals surface area contributed by atoms with Gasteiger partial charge in [0.05, 0.1) is 5.69 Å². The van der Waals surface area contributed by atoms with Gasteiger partial charge in [0.2, 0.25) is 5.91 Å². The number of nitrogens with one attached hydrogen (secondary N) is 1. The van der Waals surface area contributed by atoms with Gasteiger partial charge in [0, 0.05) is 24.4 Å². The number of aromatic nitrogens is 4. The van der Waals surface area contributed by atoms with Gasteiger partial charge < -0.3 is 11.1 Å². The Morgan fingerprint density at radius 2 is 2.08 bits per heavy atom. The van der Waals surface area contributed by atoms with E-state index in [1.807, 2.05) is 6.07 Å². The van der Waals surface area contributed by atoms with Crippen LogP contribution in [0, 0.1) is 11.8 Å². The van der Waals surface area contributed by atoms with Gasteiger partial charge in [-0.1, -0.05) is 20.3 Å². The van der Waals surface area contributed by atoms with Crippen molar-refractivity contribution in [3.05, 3.63) is 30.2 Å². The lowest BCUT2D eigenvalue weighted by Gasteiger charge is -2.17. The molecule has 0 bridgehead atoms. The van der Waals surface area contributed by atoms with E-state index < -0.39 is 0 Å². The Kier molecular flexibility index (Phi) is 6.50. The summed E-state index contributed by atoms with van der Waals surface area (Å²) in [7, 11) is 0. The summed E-state index contributed by atoms with van der Waals surface area (Å²) < 4.78 is 1.60. The molecule has 1 saturated carbocycles. The first-order valence-electron chi connectivity index (χ1n) is 8.48. The number of carbonyl (C=O) groups excluding carboxylic acids is 1. The third-order valence-corrected chi connectivity index (χ3v) is 4.61. The first-order valence-corrected chi connectivity index (χ1v) is 8.48. The van der Waals surface area contributed by atoms with Crippen LogP contribution < -0.4 is 11.1 Å². The summed E-state index contributed by atoms with van der Waals surface area (Å²) in [5.41, 5.74) is 6.69. The second-order valence-electron chi connectivity index (χ2n) is 6.59. The Morgan fingerprint density at radius 3 is 2.72 bits per heavy atom. The van der Waals surface area contributed by atoms with Gasteiger partial charge in [0.15, 0.2) is 0 Å². The van der Waals surface area contributed by atoms with Crippen molar-refractivity contribution in [2.45, 2.75) is 39.0 Å². The molecule has 25 heavy (non-hydrogen) atoms. The van der Waals surface area contributed by atoms with E-state index in [1.165, 1.54) is 0 Å². The Hall–Kier alpha value is -1.99. The fourth-order valence-electron chi connectivity index (χ4n) is 3.21. The third-order valence-electron chi connectivity index (χ3n) is 4.61. The van der Waals surface area contributed by atoms with E-state index in [9.17, 15) is 4.79 Å². The molecule has 3 N–H and O–H groups in total. The van der Waals surface area contributed by atoms with Crippen molar-refractivity contribution >= 4 is 24.1 Å². The molecule has 2 heterocycles. The first-order chi connectivity index (χ1) is 11.6. The van der Waals surface area contributed by atoms with Gasteiger partial charge in [-0.2, -0.15) is 9.78 Å². The zero-order chi connectivity index (χ0) is 17.1. The van der Waals surface area contributed by atoms with Crippen molar-refractivity contribution in [2.75, 3.05) is 11.9 Å². The minimum Gasteiger partial charge on any atom is -0.330 e. The topological polar surface area (TPSA) is 98.7 Å². The summed E-state index contributed by atoms with van der Waals surface area (Å²) >= 11 is 0. The first kappa shape index (κ1) is 19.3. The molecule has 8 heteroatoms. The normalized spacial score (nSPS) is 19.7. The average molecular weight is 365 g/mol. The lowest BCUT2D eigenvalue weighted by Crippen LogP contribution is -2.30. The molecule has 0 spiro atoms. The minimum absolute atomic E-state index is 0. The molecule has 3 rings (SSSR count). The van der Waals surface area contributed by atoms with Crippen LogP contribution in [-0.4, -0.2) is 32.2 Å². The lowest BCUT2D eigenvalue weighted by atomic mass is 9.95. The predicted molar refractivity (Wildman–Crippen MR) is 99.0 cm³/mol. The zero-order valence-electron chi connectivity index (χ0n) is 14.6. The van der Waals surface area contributed by atoms with Crippen molar-refractivity contribution in [2.24, 2.45) is 17.6 Å². The van der Waals surface area contributed by atoms with Crippen molar-refractivity contribution in [1.82, 2.24) is 19.7 Å². The molecule has 1 aliphatic carbocycles. The molecule has 0 aliphatic heterocycles. The van der Waals surface area contributed by atoms with Crippen LogP contribution in [0.1, 0.15) is 44.7 Å². The highest BCUT2D eigenvalue weighted by Crippen LogP contribution is 2.32. The van der Waals surface area contributed by atoms with Crippen LogP contribution >= 0.6 is 12.4 Å². The number of hydrogen-bond donors (Lipinski definition) is 2.